The van der Waals surface area contributed by atoms with E-state index in [2.05, 4.69) is 53.3 Å². The van der Waals surface area contributed by atoms with Gasteiger partial charge in [-0.1, -0.05) is 25.1 Å². The Labute approximate surface area is 138 Å². The maximum atomic E-state index is 5.82. The molecule has 0 aliphatic carbocycles. The van der Waals surface area contributed by atoms with Crippen molar-refractivity contribution in [3.63, 3.8) is 0 Å². The second-order valence-electron chi connectivity index (χ2n) is 5.07. The highest BCUT2D eigenvalue weighted by atomic mass is 127. The zero-order valence-electron chi connectivity index (χ0n) is 12.3. The third-order valence-electron chi connectivity index (χ3n) is 3.54. The highest BCUT2D eigenvalue weighted by molar-refractivity contribution is 14.0. The molecule has 0 aromatic heterocycles. The van der Waals surface area contributed by atoms with E-state index in [9.17, 15) is 0 Å². The van der Waals surface area contributed by atoms with Crippen molar-refractivity contribution in [1.29, 1.82) is 0 Å². The summed E-state index contributed by atoms with van der Waals surface area (Å²) in [7, 11) is 0. The molecule has 1 aliphatic heterocycles. The predicted octanol–water partition coefficient (Wildman–Crippen LogP) is 2.37. The lowest BCUT2D eigenvalue weighted by molar-refractivity contribution is 0.660. The molecule has 0 amide bonds. The van der Waals surface area contributed by atoms with Crippen molar-refractivity contribution in [1.82, 2.24) is 5.32 Å². The molecule has 1 aliphatic rings. The molecule has 3 N–H and O–H groups in total. The SMILES string of the molecule is CCCNC(N)=NCC(C)N1CCc2ccccc21.I. The van der Waals surface area contributed by atoms with Crippen molar-refractivity contribution in [2.75, 3.05) is 24.5 Å². The zero-order valence-corrected chi connectivity index (χ0v) is 14.6. The van der Waals surface area contributed by atoms with Crippen LogP contribution >= 0.6 is 24.0 Å². The summed E-state index contributed by atoms with van der Waals surface area (Å²) in [5.41, 5.74) is 8.61. The Morgan fingerprint density at radius 2 is 2.20 bits per heavy atom. The minimum atomic E-state index is 0. The lowest BCUT2D eigenvalue weighted by Gasteiger charge is -2.26. The van der Waals surface area contributed by atoms with Crippen molar-refractivity contribution >= 4 is 35.6 Å². The van der Waals surface area contributed by atoms with Gasteiger partial charge in [0.25, 0.3) is 0 Å². The molecule has 1 heterocycles. The fourth-order valence-corrected chi connectivity index (χ4v) is 2.46. The molecule has 1 aromatic carbocycles. The van der Waals surface area contributed by atoms with Gasteiger partial charge in [0.2, 0.25) is 0 Å². The van der Waals surface area contributed by atoms with Crippen LogP contribution in [0.25, 0.3) is 0 Å². The van der Waals surface area contributed by atoms with E-state index in [-0.39, 0.29) is 24.0 Å². The molecular formula is C15H25IN4. The Bertz CT molecular complexity index is 447. The Kier molecular flexibility index (Phi) is 7.12. The lowest BCUT2D eigenvalue weighted by Crippen LogP contribution is -2.37. The number of guanidine groups is 1. The number of fused-ring (bicyclic) bond motifs is 1. The van der Waals surface area contributed by atoms with Gasteiger partial charge in [0.15, 0.2) is 5.96 Å². The summed E-state index contributed by atoms with van der Waals surface area (Å²) in [5.74, 6) is 0.557. The number of aliphatic imine (C=N–C) groups is 1. The monoisotopic (exact) mass is 388 g/mol. The molecule has 0 radical (unpaired) electrons. The molecule has 0 bridgehead atoms. The number of benzene rings is 1. The second-order valence-corrected chi connectivity index (χ2v) is 5.07. The molecule has 2 rings (SSSR count). The highest BCUT2D eigenvalue weighted by Gasteiger charge is 2.22. The average Bonchev–Trinajstić information content (AvgIpc) is 2.86. The van der Waals surface area contributed by atoms with Crippen LogP contribution in [0.4, 0.5) is 5.69 Å². The van der Waals surface area contributed by atoms with E-state index in [1.54, 1.807) is 0 Å². The van der Waals surface area contributed by atoms with Crippen LogP contribution < -0.4 is 16.0 Å². The van der Waals surface area contributed by atoms with Crippen molar-refractivity contribution in [3.05, 3.63) is 29.8 Å². The van der Waals surface area contributed by atoms with Crippen LogP contribution in [0.5, 0.6) is 0 Å². The molecule has 0 saturated carbocycles. The Hall–Kier alpha value is -0.980. The summed E-state index contributed by atoms with van der Waals surface area (Å²) >= 11 is 0. The van der Waals surface area contributed by atoms with Gasteiger partial charge < -0.3 is 16.0 Å². The predicted molar refractivity (Wildman–Crippen MR) is 97.2 cm³/mol. The summed E-state index contributed by atoms with van der Waals surface area (Å²) in [6.07, 6.45) is 2.19. The van der Waals surface area contributed by atoms with Crippen molar-refractivity contribution in [3.8, 4) is 0 Å². The largest absolute Gasteiger partial charge is 0.370 e. The van der Waals surface area contributed by atoms with Gasteiger partial charge in [-0.15, -0.1) is 24.0 Å². The number of para-hydroxylation sites is 1. The highest BCUT2D eigenvalue weighted by Crippen LogP contribution is 2.29. The number of nitrogens with one attached hydrogen (secondary N) is 1. The maximum absolute atomic E-state index is 5.82. The number of rotatable bonds is 5. The molecule has 1 atom stereocenters. The third-order valence-corrected chi connectivity index (χ3v) is 3.54. The molecule has 1 aromatic rings. The fraction of sp³-hybridized carbons (Fsp3) is 0.533. The summed E-state index contributed by atoms with van der Waals surface area (Å²) in [6.45, 7) is 7.02. The molecule has 112 valence electrons. The van der Waals surface area contributed by atoms with Crippen LogP contribution in [0, 0.1) is 0 Å². The first-order valence-electron chi connectivity index (χ1n) is 7.10. The molecule has 1 unspecified atom stereocenters. The average molecular weight is 388 g/mol. The van der Waals surface area contributed by atoms with Crippen LogP contribution in [0.15, 0.2) is 29.3 Å². The van der Waals surface area contributed by atoms with E-state index in [4.69, 9.17) is 5.73 Å². The quantitative estimate of drug-likeness (QED) is 0.463. The van der Waals surface area contributed by atoms with Crippen LogP contribution in [0.2, 0.25) is 0 Å². The molecule has 0 saturated heterocycles. The van der Waals surface area contributed by atoms with Crippen molar-refractivity contribution < 1.29 is 0 Å². The van der Waals surface area contributed by atoms with E-state index in [0.717, 1.165) is 32.5 Å². The zero-order chi connectivity index (χ0) is 13.7. The van der Waals surface area contributed by atoms with Gasteiger partial charge in [-0.25, -0.2) is 0 Å². The second kappa shape index (κ2) is 8.34. The number of anilines is 1. The topological polar surface area (TPSA) is 53.6 Å². The van der Waals surface area contributed by atoms with E-state index in [1.165, 1.54) is 11.3 Å². The van der Waals surface area contributed by atoms with Gasteiger partial charge >= 0.3 is 0 Å². The molecular weight excluding hydrogens is 363 g/mol. The smallest absolute Gasteiger partial charge is 0.188 e. The van der Waals surface area contributed by atoms with E-state index in [0.29, 0.717) is 12.0 Å². The van der Waals surface area contributed by atoms with Gasteiger partial charge in [-0.2, -0.15) is 0 Å². The van der Waals surface area contributed by atoms with E-state index >= 15 is 0 Å². The Morgan fingerprint density at radius 1 is 1.45 bits per heavy atom. The molecule has 0 fully saturated rings. The van der Waals surface area contributed by atoms with Crippen molar-refractivity contribution in [2.45, 2.75) is 32.7 Å². The first-order valence-corrected chi connectivity index (χ1v) is 7.10. The summed E-state index contributed by atoms with van der Waals surface area (Å²) in [6, 6.07) is 9.00. The number of hydrogen-bond acceptors (Lipinski definition) is 2. The number of nitrogens with two attached hydrogens (primary N) is 1. The lowest BCUT2D eigenvalue weighted by atomic mass is 10.2. The van der Waals surface area contributed by atoms with Crippen LogP contribution in [-0.4, -0.2) is 31.6 Å². The Balaban J connectivity index is 0.00000200. The third kappa shape index (κ3) is 4.26. The normalized spacial score (nSPS) is 15.5. The molecule has 5 heteroatoms. The van der Waals surface area contributed by atoms with Gasteiger partial charge in [-0.05, 0) is 31.4 Å². The van der Waals surface area contributed by atoms with Crippen molar-refractivity contribution in [2.24, 2.45) is 10.7 Å². The fourth-order valence-electron chi connectivity index (χ4n) is 2.46. The van der Waals surface area contributed by atoms with Gasteiger partial charge in [0, 0.05) is 24.8 Å². The minimum Gasteiger partial charge on any atom is -0.370 e. The summed E-state index contributed by atoms with van der Waals surface area (Å²) in [5, 5.41) is 3.11. The number of hydrogen-bond donors (Lipinski definition) is 2. The maximum Gasteiger partial charge on any atom is 0.188 e. The first kappa shape index (κ1) is 17.1. The minimum absolute atomic E-state index is 0. The molecule has 4 nitrogen and oxygen atoms in total. The van der Waals surface area contributed by atoms with Crippen LogP contribution in [-0.2, 0) is 6.42 Å². The standard InChI is InChI=1S/C15H24N4.HI/c1-3-9-17-15(16)18-11-12(2)19-10-8-13-6-4-5-7-14(13)19;/h4-7,12H,3,8-11H2,1-2H3,(H3,16,17,18);1H. The van der Waals surface area contributed by atoms with Gasteiger partial charge in [0.05, 0.1) is 6.54 Å². The summed E-state index contributed by atoms with van der Waals surface area (Å²) in [4.78, 5) is 6.84. The first-order chi connectivity index (χ1) is 9.22. The van der Waals surface area contributed by atoms with Crippen LogP contribution in [0.3, 0.4) is 0 Å². The van der Waals surface area contributed by atoms with E-state index in [1.807, 2.05) is 0 Å². The molecule has 0 spiro atoms. The Morgan fingerprint density at radius 3 is 2.95 bits per heavy atom. The molecule has 20 heavy (non-hydrogen) atoms. The van der Waals surface area contributed by atoms with E-state index < -0.39 is 0 Å². The van der Waals surface area contributed by atoms with Gasteiger partial charge in [-0.3, -0.25) is 4.99 Å². The number of halogens is 1. The number of nitrogens with zero attached hydrogens (tertiary/aromatic N) is 2. The van der Waals surface area contributed by atoms with Gasteiger partial charge in [0.1, 0.15) is 0 Å². The summed E-state index contributed by atoms with van der Waals surface area (Å²) < 4.78 is 0. The van der Waals surface area contributed by atoms with Crippen LogP contribution in [0.1, 0.15) is 25.8 Å².